The standard InChI is InChI=1S/C33H37N3O4S/c1-4-22-10-9-13-26-23(19-36(30(22)26)20-28(37)34-24-11-7-6-8-12-24)18-27-31(38)29(33(39)40-5-2)32(41-27)35-25-16-14-21(3)15-17-25/h9-10,13-19,24,38H,4-8,11-12,20H2,1-3H3,(H,34,37)/b27-18-,35-32?. The van der Waals surface area contributed by atoms with Crippen LogP contribution in [0.2, 0.25) is 0 Å². The number of esters is 1. The molecule has 1 fully saturated rings. The smallest absolute Gasteiger partial charge is 0.344 e. The summed E-state index contributed by atoms with van der Waals surface area (Å²) in [5.41, 5.74) is 4.86. The number of fused-ring (bicyclic) bond motifs is 1. The van der Waals surface area contributed by atoms with Crippen molar-refractivity contribution >= 4 is 51.3 Å². The van der Waals surface area contributed by atoms with E-state index in [0.29, 0.717) is 15.6 Å². The van der Waals surface area contributed by atoms with Crippen LogP contribution < -0.4 is 5.32 Å². The Bertz CT molecular complexity index is 1540. The number of nitrogens with zero attached hydrogens (tertiary/aromatic N) is 2. The molecule has 1 aliphatic carbocycles. The van der Waals surface area contributed by atoms with Gasteiger partial charge in [-0.25, -0.2) is 9.79 Å². The third-order valence-corrected chi connectivity index (χ3v) is 8.62. The number of aliphatic imine (C=N–C) groups is 1. The Kier molecular flexibility index (Phi) is 8.98. The minimum atomic E-state index is -0.609. The largest absolute Gasteiger partial charge is 0.506 e. The molecule has 0 bridgehead atoms. The molecular formula is C33H37N3O4S. The zero-order chi connectivity index (χ0) is 28.9. The first-order valence-corrected chi connectivity index (χ1v) is 15.3. The van der Waals surface area contributed by atoms with E-state index >= 15 is 0 Å². The third kappa shape index (κ3) is 6.43. The number of hydrogen-bond acceptors (Lipinski definition) is 6. The minimum absolute atomic E-state index is 0.00834. The molecule has 0 spiro atoms. The maximum absolute atomic E-state index is 13.1. The highest BCUT2D eigenvalue weighted by Gasteiger charge is 2.33. The summed E-state index contributed by atoms with van der Waals surface area (Å²) in [5, 5.41) is 15.8. The molecule has 1 amide bonds. The number of aromatic nitrogens is 1. The van der Waals surface area contributed by atoms with Crippen molar-refractivity contribution in [2.75, 3.05) is 6.61 Å². The van der Waals surface area contributed by atoms with Gasteiger partial charge < -0.3 is 19.7 Å². The first kappa shape index (κ1) is 28.7. The zero-order valence-electron chi connectivity index (χ0n) is 23.9. The molecule has 0 atom stereocenters. The van der Waals surface area contributed by atoms with Gasteiger partial charge in [0, 0.05) is 23.2 Å². The second-order valence-electron chi connectivity index (χ2n) is 10.6. The minimum Gasteiger partial charge on any atom is -0.506 e. The highest BCUT2D eigenvalue weighted by atomic mass is 32.2. The van der Waals surface area contributed by atoms with Gasteiger partial charge in [-0.05, 0) is 56.9 Å². The topological polar surface area (TPSA) is 92.9 Å². The van der Waals surface area contributed by atoms with Gasteiger partial charge in [-0.2, -0.15) is 0 Å². The van der Waals surface area contributed by atoms with Crippen LogP contribution in [0.3, 0.4) is 0 Å². The van der Waals surface area contributed by atoms with E-state index in [4.69, 9.17) is 4.74 Å². The molecule has 1 saturated carbocycles. The monoisotopic (exact) mass is 571 g/mol. The normalized spacial score (nSPS) is 18.0. The van der Waals surface area contributed by atoms with Crippen molar-refractivity contribution in [3.05, 3.63) is 81.6 Å². The van der Waals surface area contributed by atoms with Crippen LogP contribution in [0.1, 0.15) is 62.6 Å². The summed E-state index contributed by atoms with van der Waals surface area (Å²) in [6.45, 7) is 6.24. The Labute approximate surface area is 245 Å². The molecule has 2 N–H and O–H groups in total. The molecule has 1 aliphatic heterocycles. The summed E-state index contributed by atoms with van der Waals surface area (Å²) < 4.78 is 7.27. The van der Waals surface area contributed by atoms with Crippen molar-refractivity contribution in [2.45, 2.75) is 71.9 Å². The summed E-state index contributed by atoms with van der Waals surface area (Å²) in [4.78, 5) is 31.1. The van der Waals surface area contributed by atoms with Crippen LogP contribution in [0, 0.1) is 6.92 Å². The number of thioether (sulfide) groups is 1. The molecule has 7 nitrogen and oxygen atoms in total. The van der Waals surface area contributed by atoms with Crippen LogP contribution in [-0.4, -0.2) is 39.2 Å². The van der Waals surface area contributed by atoms with E-state index in [1.165, 1.54) is 18.2 Å². The maximum Gasteiger partial charge on any atom is 0.344 e. The van der Waals surface area contributed by atoms with E-state index in [2.05, 4.69) is 23.3 Å². The molecule has 0 unspecified atom stereocenters. The van der Waals surface area contributed by atoms with Gasteiger partial charge in [-0.3, -0.25) is 4.79 Å². The van der Waals surface area contributed by atoms with E-state index < -0.39 is 5.97 Å². The number of benzene rings is 2. The SMILES string of the molecule is CCOC(=O)C1=C(O)/C(=C/c2cn(CC(=O)NC3CCCCC3)c3c(CC)cccc23)SC1=Nc1ccc(C)cc1. The fourth-order valence-electron chi connectivity index (χ4n) is 5.53. The van der Waals surface area contributed by atoms with Crippen molar-refractivity contribution in [1.29, 1.82) is 0 Å². The van der Waals surface area contributed by atoms with Gasteiger partial charge in [0.15, 0.2) is 0 Å². The molecule has 3 aromatic rings. The van der Waals surface area contributed by atoms with E-state index in [1.54, 1.807) is 6.92 Å². The van der Waals surface area contributed by atoms with E-state index in [-0.39, 0.29) is 36.4 Å². The molecule has 214 valence electrons. The third-order valence-electron chi connectivity index (χ3n) is 7.60. The lowest BCUT2D eigenvalue weighted by Crippen LogP contribution is -2.38. The van der Waals surface area contributed by atoms with Crippen molar-refractivity contribution in [2.24, 2.45) is 4.99 Å². The fraction of sp³-hybridized carbons (Fsp3) is 0.364. The molecule has 0 radical (unpaired) electrons. The predicted molar refractivity (Wildman–Crippen MR) is 166 cm³/mol. The summed E-state index contributed by atoms with van der Waals surface area (Å²) in [6, 6.07) is 14.0. The Morgan fingerprint density at radius 2 is 1.88 bits per heavy atom. The van der Waals surface area contributed by atoms with Crippen LogP contribution in [0.15, 0.2) is 69.9 Å². The lowest BCUT2D eigenvalue weighted by Gasteiger charge is -2.23. The van der Waals surface area contributed by atoms with Crippen LogP contribution in [0.5, 0.6) is 0 Å². The number of carbonyl (C=O) groups excluding carboxylic acids is 2. The van der Waals surface area contributed by atoms with Gasteiger partial charge in [0.2, 0.25) is 5.91 Å². The van der Waals surface area contributed by atoms with E-state index in [9.17, 15) is 14.7 Å². The van der Waals surface area contributed by atoms with Crippen molar-refractivity contribution in [3.63, 3.8) is 0 Å². The second-order valence-corrected chi connectivity index (χ2v) is 11.6. The first-order valence-electron chi connectivity index (χ1n) is 14.4. The summed E-state index contributed by atoms with van der Waals surface area (Å²) in [7, 11) is 0. The molecular weight excluding hydrogens is 534 g/mol. The van der Waals surface area contributed by atoms with Gasteiger partial charge in [-0.1, -0.05) is 73.8 Å². The number of aryl methyl sites for hydroxylation is 2. The number of rotatable bonds is 8. The van der Waals surface area contributed by atoms with Gasteiger partial charge in [0.25, 0.3) is 0 Å². The summed E-state index contributed by atoms with van der Waals surface area (Å²) in [5.74, 6) is -0.752. The fourth-order valence-corrected chi connectivity index (χ4v) is 6.56. The maximum atomic E-state index is 13.1. The lowest BCUT2D eigenvalue weighted by molar-refractivity contribution is -0.138. The highest BCUT2D eigenvalue weighted by Crippen LogP contribution is 2.41. The van der Waals surface area contributed by atoms with Crippen molar-refractivity contribution < 1.29 is 19.4 Å². The number of aliphatic hydroxyl groups excluding tert-OH is 1. The Morgan fingerprint density at radius 1 is 1.12 bits per heavy atom. The van der Waals surface area contributed by atoms with Crippen LogP contribution in [-0.2, 0) is 27.3 Å². The Morgan fingerprint density at radius 3 is 2.59 bits per heavy atom. The van der Waals surface area contributed by atoms with E-state index in [1.807, 2.05) is 60.2 Å². The Hall–Kier alpha value is -3.78. The van der Waals surface area contributed by atoms with Gasteiger partial charge in [0.1, 0.15) is 22.9 Å². The predicted octanol–water partition coefficient (Wildman–Crippen LogP) is 7.15. The van der Waals surface area contributed by atoms with Crippen LogP contribution in [0.4, 0.5) is 5.69 Å². The lowest BCUT2D eigenvalue weighted by atomic mass is 9.95. The second kappa shape index (κ2) is 12.8. The Balaban J connectivity index is 1.52. The number of hydrogen-bond donors (Lipinski definition) is 2. The number of nitrogens with one attached hydrogen (secondary N) is 1. The average molecular weight is 572 g/mol. The number of aliphatic hydroxyl groups is 1. The average Bonchev–Trinajstić information content (AvgIpc) is 3.46. The number of para-hydroxylation sites is 1. The van der Waals surface area contributed by atoms with Gasteiger partial charge in [-0.15, -0.1) is 0 Å². The summed E-state index contributed by atoms with van der Waals surface area (Å²) >= 11 is 1.24. The first-order chi connectivity index (χ1) is 19.9. The molecule has 8 heteroatoms. The molecule has 41 heavy (non-hydrogen) atoms. The van der Waals surface area contributed by atoms with Crippen molar-refractivity contribution in [3.8, 4) is 0 Å². The summed E-state index contributed by atoms with van der Waals surface area (Å²) in [6.07, 6.45) is 10.3. The number of carbonyl (C=O) groups is 2. The molecule has 0 saturated heterocycles. The number of amides is 1. The van der Waals surface area contributed by atoms with Crippen molar-refractivity contribution in [1.82, 2.24) is 9.88 Å². The highest BCUT2D eigenvalue weighted by molar-refractivity contribution is 8.18. The van der Waals surface area contributed by atoms with Crippen LogP contribution in [0.25, 0.3) is 17.0 Å². The number of ether oxygens (including phenoxy) is 1. The molecule has 2 heterocycles. The molecule has 2 aromatic carbocycles. The molecule has 5 rings (SSSR count). The van der Waals surface area contributed by atoms with Gasteiger partial charge in [0.05, 0.1) is 22.7 Å². The zero-order valence-corrected chi connectivity index (χ0v) is 24.7. The molecule has 2 aliphatic rings. The molecule has 1 aromatic heterocycles. The van der Waals surface area contributed by atoms with E-state index in [0.717, 1.165) is 59.7 Å². The van der Waals surface area contributed by atoms with Gasteiger partial charge >= 0.3 is 5.97 Å². The van der Waals surface area contributed by atoms with Crippen LogP contribution >= 0.6 is 11.8 Å². The quantitative estimate of drug-likeness (QED) is 0.280.